The highest BCUT2D eigenvalue weighted by Crippen LogP contribution is 2.30. The molecule has 24 heavy (non-hydrogen) atoms. The summed E-state index contributed by atoms with van der Waals surface area (Å²) in [5, 5.41) is 11.2. The van der Waals surface area contributed by atoms with Crippen LogP contribution in [0.25, 0.3) is 0 Å². The van der Waals surface area contributed by atoms with Gasteiger partial charge < -0.3 is 5.32 Å². The Labute approximate surface area is 141 Å². The first-order valence-corrected chi connectivity index (χ1v) is 8.08. The number of thioether (sulfide) groups is 1. The van der Waals surface area contributed by atoms with Crippen molar-refractivity contribution in [2.75, 3.05) is 11.1 Å². The fourth-order valence-corrected chi connectivity index (χ4v) is 2.70. The van der Waals surface area contributed by atoms with Crippen molar-refractivity contribution in [1.82, 2.24) is 0 Å². The lowest BCUT2D eigenvalue weighted by Crippen LogP contribution is -2.15. The van der Waals surface area contributed by atoms with E-state index in [0.29, 0.717) is 11.3 Å². The number of amides is 1. The topological polar surface area (TPSA) is 52.9 Å². The van der Waals surface area contributed by atoms with Gasteiger partial charge in [-0.15, -0.1) is 11.8 Å². The van der Waals surface area contributed by atoms with E-state index in [9.17, 15) is 18.0 Å². The number of carbonyl (C=O) groups excluding carboxylic acids is 1. The second kappa shape index (κ2) is 7.88. The first-order chi connectivity index (χ1) is 11.4. The number of rotatable bonds is 5. The normalized spacial score (nSPS) is 10.9. The molecule has 0 heterocycles. The molecule has 0 atom stereocenters. The molecule has 0 aromatic heterocycles. The summed E-state index contributed by atoms with van der Waals surface area (Å²) in [4.78, 5) is 11.8. The summed E-state index contributed by atoms with van der Waals surface area (Å²) in [5.41, 5.74) is 0.844. The lowest BCUT2D eigenvalue weighted by molar-refractivity contribution is -0.137. The Morgan fingerprint density at radius 3 is 2.50 bits per heavy atom. The molecule has 2 rings (SSSR count). The van der Waals surface area contributed by atoms with E-state index in [2.05, 4.69) is 5.32 Å². The maximum atomic E-state index is 12.6. The average Bonchev–Trinajstić information content (AvgIpc) is 2.55. The standard InChI is InChI=1S/C17H13F3N2OS/c18-17(19,20)14-2-1-3-15(8-14)22-16(23)11-24-10-13-6-4-12(9-21)5-7-13/h1-8H,10-11H2,(H,22,23). The van der Waals surface area contributed by atoms with Gasteiger partial charge >= 0.3 is 6.18 Å². The molecular weight excluding hydrogens is 337 g/mol. The van der Waals surface area contributed by atoms with Gasteiger partial charge in [-0.25, -0.2) is 0 Å². The average molecular weight is 350 g/mol. The molecule has 1 amide bonds. The van der Waals surface area contributed by atoms with Crippen molar-refractivity contribution in [3.63, 3.8) is 0 Å². The Bertz CT molecular complexity index is 752. The summed E-state index contributed by atoms with van der Waals surface area (Å²) in [6, 6.07) is 13.5. The number of nitriles is 1. The highest BCUT2D eigenvalue weighted by molar-refractivity contribution is 7.99. The molecule has 0 bridgehead atoms. The van der Waals surface area contributed by atoms with Crippen LogP contribution in [0.5, 0.6) is 0 Å². The molecule has 0 saturated heterocycles. The van der Waals surface area contributed by atoms with Gasteiger partial charge in [0.15, 0.2) is 0 Å². The van der Waals surface area contributed by atoms with Gasteiger partial charge in [0.05, 0.1) is 22.9 Å². The predicted molar refractivity (Wildman–Crippen MR) is 87.4 cm³/mol. The minimum atomic E-state index is -4.44. The molecule has 2 aromatic carbocycles. The maximum absolute atomic E-state index is 12.6. The smallest absolute Gasteiger partial charge is 0.325 e. The molecular formula is C17H13F3N2OS. The fourth-order valence-electron chi connectivity index (χ4n) is 1.91. The number of halogens is 3. The number of hydrogen-bond acceptors (Lipinski definition) is 3. The number of anilines is 1. The quantitative estimate of drug-likeness (QED) is 0.867. The lowest BCUT2D eigenvalue weighted by atomic mass is 10.2. The van der Waals surface area contributed by atoms with Gasteiger partial charge in [0.1, 0.15) is 0 Å². The van der Waals surface area contributed by atoms with Crippen LogP contribution in [0.3, 0.4) is 0 Å². The number of benzene rings is 2. The molecule has 0 saturated carbocycles. The number of carbonyl (C=O) groups is 1. The third-order valence-electron chi connectivity index (χ3n) is 3.06. The summed E-state index contributed by atoms with van der Waals surface area (Å²) >= 11 is 1.34. The van der Waals surface area contributed by atoms with E-state index in [-0.39, 0.29) is 17.3 Å². The second-order valence-corrected chi connectivity index (χ2v) is 5.91. The molecule has 0 radical (unpaired) electrons. The molecule has 0 spiro atoms. The fraction of sp³-hybridized carbons (Fsp3) is 0.176. The summed E-state index contributed by atoms with van der Waals surface area (Å²) in [6.45, 7) is 0. The molecule has 124 valence electrons. The Morgan fingerprint density at radius 2 is 1.88 bits per heavy atom. The van der Waals surface area contributed by atoms with Crippen LogP contribution >= 0.6 is 11.8 Å². The summed E-state index contributed by atoms with van der Waals surface area (Å²) < 4.78 is 37.8. The van der Waals surface area contributed by atoms with E-state index >= 15 is 0 Å². The number of nitrogens with one attached hydrogen (secondary N) is 1. The zero-order valence-corrected chi connectivity index (χ0v) is 13.2. The van der Waals surface area contributed by atoms with E-state index in [1.54, 1.807) is 24.3 Å². The minimum Gasteiger partial charge on any atom is -0.325 e. The largest absolute Gasteiger partial charge is 0.416 e. The third-order valence-corrected chi connectivity index (χ3v) is 4.06. The van der Waals surface area contributed by atoms with E-state index < -0.39 is 11.7 Å². The van der Waals surface area contributed by atoms with Crippen LogP contribution < -0.4 is 5.32 Å². The summed E-state index contributed by atoms with van der Waals surface area (Å²) in [7, 11) is 0. The first kappa shape index (κ1) is 17.9. The van der Waals surface area contributed by atoms with Crippen molar-refractivity contribution < 1.29 is 18.0 Å². The van der Waals surface area contributed by atoms with Gasteiger partial charge in [-0.2, -0.15) is 18.4 Å². The van der Waals surface area contributed by atoms with Crippen molar-refractivity contribution in [2.24, 2.45) is 0 Å². The van der Waals surface area contributed by atoms with Crippen LogP contribution in [0.15, 0.2) is 48.5 Å². The van der Waals surface area contributed by atoms with Crippen LogP contribution in [-0.2, 0) is 16.7 Å². The number of hydrogen-bond donors (Lipinski definition) is 1. The highest BCUT2D eigenvalue weighted by Gasteiger charge is 2.30. The molecule has 3 nitrogen and oxygen atoms in total. The van der Waals surface area contributed by atoms with Gasteiger partial charge in [-0.05, 0) is 35.9 Å². The Kier molecular flexibility index (Phi) is 5.88. The second-order valence-electron chi connectivity index (χ2n) is 4.93. The van der Waals surface area contributed by atoms with E-state index in [1.807, 2.05) is 6.07 Å². The molecule has 0 fully saturated rings. The van der Waals surface area contributed by atoms with Gasteiger partial charge in [0.25, 0.3) is 0 Å². The van der Waals surface area contributed by atoms with Crippen LogP contribution in [0, 0.1) is 11.3 Å². The molecule has 2 aromatic rings. The predicted octanol–water partition coefficient (Wildman–Crippen LogP) is 4.45. The SMILES string of the molecule is N#Cc1ccc(CSCC(=O)Nc2cccc(C(F)(F)F)c2)cc1. The van der Waals surface area contributed by atoms with Crippen molar-refractivity contribution >= 4 is 23.4 Å². The molecule has 0 aliphatic carbocycles. The Balaban J connectivity index is 1.84. The van der Waals surface area contributed by atoms with Crippen molar-refractivity contribution in [3.8, 4) is 6.07 Å². The minimum absolute atomic E-state index is 0.119. The lowest BCUT2D eigenvalue weighted by Gasteiger charge is -2.09. The van der Waals surface area contributed by atoms with Crippen molar-refractivity contribution in [1.29, 1.82) is 5.26 Å². The van der Waals surface area contributed by atoms with Gasteiger partial charge in [-0.3, -0.25) is 4.79 Å². The Hall–Kier alpha value is -2.46. The van der Waals surface area contributed by atoms with Gasteiger partial charge in [-0.1, -0.05) is 18.2 Å². The maximum Gasteiger partial charge on any atom is 0.416 e. The molecule has 1 N–H and O–H groups in total. The zero-order chi connectivity index (χ0) is 17.6. The summed E-state index contributed by atoms with van der Waals surface area (Å²) in [5.74, 6) is 0.325. The van der Waals surface area contributed by atoms with Crippen molar-refractivity contribution in [2.45, 2.75) is 11.9 Å². The molecule has 0 aliphatic rings. The van der Waals surface area contributed by atoms with Crippen LogP contribution in [0.1, 0.15) is 16.7 Å². The van der Waals surface area contributed by atoms with Crippen LogP contribution in [0.4, 0.5) is 18.9 Å². The third kappa shape index (κ3) is 5.32. The monoisotopic (exact) mass is 350 g/mol. The van der Waals surface area contributed by atoms with Crippen LogP contribution in [0.2, 0.25) is 0 Å². The zero-order valence-electron chi connectivity index (χ0n) is 12.4. The number of nitrogens with zero attached hydrogens (tertiary/aromatic N) is 1. The van der Waals surface area contributed by atoms with Gasteiger partial charge in [0, 0.05) is 11.4 Å². The Morgan fingerprint density at radius 1 is 1.17 bits per heavy atom. The van der Waals surface area contributed by atoms with Crippen LogP contribution in [-0.4, -0.2) is 11.7 Å². The highest BCUT2D eigenvalue weighted by atomic mass is 32.2. The molecule has 7 heteroatoms. The summed E-state index contributed by atoms with van der Waals surface area (Å²) in [6.07, 6.45) is -4.44. The van der Waals surface area contributed by atoms with Gasteiger partial charge in [0.2, 0.25) is 5.91 Å². The van der Waals surface area contributed by atoms with E-state index in [1.165, 1.54) is 23.9 Å². The number of alkyl halides is 3. The molecule has 0 unspecified atom stereocenters. The first-order valence-electron chi connectivity index (χ1n) is 6.92. The molecule has 0 aliphatic heterocycles. The van der Waals surface area contributed by atoms with E-state index in [0.717, 1.165) is 17.7 Å². The van der Waals surface area contributed by atoms with E-state index in [4.69, 9.17) is 5.26 Å². The van der Waals surface area contributed by atoms with Crippen molar-refractivity contribution in [3.05, 3.63) is 65.2 Å².